The Morgan fingerprint density at radius 3 is 2.67 bits per heavy atom. The van der Waals surface area contributed by atoms with E-state index in [1.165, 1.54) is 4.88 Å². The molecule has 1 aromatic carbocycles. The third-order valence-corrected chi connectivity index (χ3v) is 7.17. The highest BCUT2D eigenvalue weighted by atomic mass is 32.1. The Bertz CT molecular complexity index is 824. The third-order valence-electron chi connectivity index (χ3n) is 6.23. The lowest BCUT2D eigenvalue weighted by atomic mass is 9.83. The molecule has 0 radical (unpaired) electrons. The van der Waals surface area contributed by atoms with E-state index >= 15 is 0 Å². The van der Waals surface area contributed by atoms with Crippen LogP contribution in [0.1, 0.15) is 37.0 Å². The maximum absolute atomic E-state index is 12.9. The lowest BCUT2D eigenvalue weighted by Crippen LogP contribution is -2.56. The van der Waals surface area contributed by atoms with E-state index in [4.69, 9.17) is 4.74 Å². The van der Waals surface area contributed by atoms with Crippen LogP contribution in [-0.4, -0.2) is 53.9 Å². The van der Waals surface area contributed by atoms with Crippen molar-refractivity contribution in [1.29, 1.82) is 0 Å². The number of rotatable bonds is 7. The SMILES string of the molecule is O=C(CCOc1ccccc1)N1CC[C@H]2[C@H](CCCN2C(=O)CCc2cccs2)C1. The van der Waals surface area contributed by atoms with Crippen LogP contribution < -0.4 is 4.74 Å². The minimum atomic E-state index is 0.158. The molecule has 1 aromatic heterocycles. The summed E-state index contributed by atoms with van der Waals surface area (Å²) < 4.78 is 5.68. The standard InChI is InChI=1S/C24H30N2O3S/c27-23(13-16-29-20-7-2-1-3-8-20)25-15-12-22-19(18-25)6-4-14-26(22)24(28)11-10-21-9-5-17-30-21/h1-3,5,7-9,17,19,22H,4,6,10-16,18H2/t19-,22+/m1/s1. The van der Waals surface area contributed by atoms with E-state index < -0.39 is 0 Å². The van der Waals surface area contributed by atoms with Gasteiger partial charge >= 0.3 is 0 Å². The van der Waals surface area contributed by atoms with Crippen molar-refractivity contribution in [3.63, 3.8) is 0 Å². The highest BCUT2D eigenvalue weighted by molar-refractivity contribution is 7.09. The molecule has 2 aromatic rings. The average Bonchev–Trinajstić information content (AvgIpc) is 3.31. The van der Waals surface area contributed by atoms with Gasteiger partial charge in [0.2, 0.25) is 11.8 Å². The third kappa shape index (κ3) is 5.22. The summed E-state index contributed by atoms with van der Waals surface area (Å²) in [5, 5.41) is 2.06. The second-order valence-electron chi connectivity index (χ2n) is 8.18. The maximum Gasteiger partial charge on any atom is 0.226 e. The van der Waals surface area contributed by atoms with Gasteiger partial charge in [0, 0.05) is 37.0 Å². The highest BCUT2D eigenvalue weighted by Crippen LogP contribution is 2.31. The number of benzene rings is 1. The molecule has 0 N–H and O–H groups in total. The molecule has 2 aliphatic rings. The zero-order valence-corrected chi connectivity index (χ0v) is 18.2. The van der Waals surface area contributed by atoms with Gasteiger partial charge in [-0.1, -0.05) is 24.3 Å². The quantitative estimate of drug-likeness (QED) is 0.673. The number of likely N-dealkylation sites (tertiary alicyclic amines) is 2. The van der Waals surface area contributed by atoms with Crippen molar-refractivity contribution < 1.29 is 14.3 Å². The fourth-order valence-electron chi connectivity index (χ4n) is 4.70. The Morgan fingerprint density at radius 2 is 1.87 bits per heavy atom. The van der Waals surface area contributed by atoms with Gasteiger partial charge in [-0.05, 0) is 55.2 Å². The van der Waals surface area contributed by atoms with Gasteiger partial charge in [-0.25, -0.2) is 0 Å². The monoisotopic (exact) mass is 426 g/mol. The molecule has 5 nitrogen and oxygen atoms in total. The summed E-state index contributed by atoms with van der Waals surface area (Å²) in [6.45, 7) is 2.77. The Balaban J connectivity index is 1.25. The molecular formula is C24H30N2O3S. The number of para-hydroxylation sites is 1. The number of hydrogen-bond donors (Lipinski definition) is 0. The molecule has 0 bridgehead atoms. The molecular weight excluding hydrogens is 396 g/mol. The molecule has 2 fully saturated rings. The zero-order chi connectivity index (χ0) is 20.8. The van der Waals surface area contributed by atoms with E-state index in [1.807, 2.05) is 41.3 Å². The Morgan fingerprint density at radius 1 is 1.00 bits per heavy atom. The van der Waals surface area contributed by atoms with Crippen LogP contribution in [0, 0.1) is 5.92 Å². The van der Waals surface area contributed by atoms with Crippen LogP contribution in [0.2, 0.25) is 0 Å². The van der Waals surface area contributed by atoms with Crippen molar-refractivity contribution >= 4 is 23.2 Å². The molecule has 160 valence electrons. The number of carbonyl (C=O) groups excluding carboxylic acids is 2. The van der Waals surface area contributed by atoms with Gasteiger partial charge < -0.3 is 14.5 Å². The van der Waals surface area contributed by atoms with E-state index in [0.717, 1.165) is 51.1 Å². The van der Waals surface area contributed by atoms with Crippen molar-refractivity contribution in [2.75, 3.05) is 26.2 Å². The molecule has 2 atom stereocenters. The summed E-state index contributed by atoms with van der Waals surface area (Å²) in [5.74, 6) is 1.63. The minimum Gasteiger partial charge on any atom is -0.493 e. The lowest BCUT2D eigenvalue weighted by Gasteiger charge is -2.47. The summed E-state index contributed by atoms with van der Waals surface area (Å²) in [7, 11) is 0. The smallest absolute Gasteiger partial charge is 0.226 e. The number of fused-ring (bicyclic) bond motifs is 1. The summed E-state index contributed by atoms with van der Waals surface area (Å²) in [5.41, 5.74) is 0. The second-order valence-corrected chi connectivity index (χ2v) is 9.21. The van der Waals surface area contributed by atoms with Crippen LogP contribution in [0.15, 0.2) is 47.8 Å². The van der Waals surface area contributed by atoms with Crippen molar-refractivity contribution in [3.8, 4) is 5.75 Å². The molecule has 0 unspecified atom stereocenters. The maximum atomic E-state index is 12.9. The van der Waals surface area contributed by atoms with Crippen LogP contribution in [-0.2, 0) is 16.0 Å². The van der Waals surface area contributed by atoms with Crippen LogP contribution >= 0.6 is 11.3 Å². The van der Waals surface area contributed by atoms with E-state index in [1.54, 1.807) is 11.3 Å². The van der Waals surface area contributed by atoms with Gasteiger partial charge in [-0.2, -0.15) is 0 Å². The zero-order valence-electron chi connectivity index (χ0n) is 17.4. The van der Waals surface area contributed by atoms with E-state index in [2.05, 4.69) is 16.3 Å². The van der Waals surface area contributed by atoms with Crippen LogP contribution in [0.3, 0.4) is 0 Å². The Kier molecular flexibility index (Phi) is 7.05. The van der Waals surface area contributed by atoms with Crippen LogP contribution in [0.4, 0.5) is 0 Å². The van der Waals surface area contributed by atoms with E-state index in [9.17, 15) is 9.59 Å². The number of piperidine rings is 2. The van der Waals surface area contributed by atoms with E-state index in [0.29, 0.717) is 31.4 Å². The lowest BCUT2D eigenvalue weighted by molar-refractivity contribution is -0.141. The van der Waals surface area contributed by atoms with Gasteiger partial charge in [0.15, 0.2) is 0 Å². The van der Waals surface area contributed by atoms with Gasteiger partial charge in [0.25, 0.3) is 0 Å². The summed E-state index contributed by atoms with van der Waals surface area (Å²) in [6.07, 6.45) is 4.84. The molecule has 3 heterocycles. The Hall–Kier alpha value is -2.34. The first-order valence-electron chi connectivity index (χ1n) is 11.0. The predicted molar refractivity (Wildman–Crippen MR) is 119 cm³/mol. The first-order chi connectivity index (χ1) is 14.7. The normalized spacial score (nSPS) is 21.2. The highest BCUT2D eigenvalue weighted by Gasteiger charge is 2.38. The van der Waals surface area contributed by atoms with Crippen LogP contribution in [0.5, 0.6) is 5.75 Å². The topological polar surface area (TPSA) is 49.9 Å². The van der Waals surface area contributed by atoms with Crippen molar-refractivity contribution in [1.82, 2.24) is 9.80 Å². The fourth-order valence-corrected chi connectivity index (χ4v) is 5.41. The average molecular weight is 427 g/mol. The van der Waals surface area contributed by atoms with Gasteiger partial charge in [0.1, 0.15) is 5.75 Å². The molecule has 0 spiro atoms. The van der Waals surface area contributed by atoms with Crippen molar-refractivity contribution in [2.45, 2.75) is 44.6 Å². The van der Waals surface area contributed by atoms with E-state index in [-0.39, 0.29) is 11.8 Å². The molecule has 6 heteroatoms. The first kappa shape index (κ1) is 20.9. The summed E-state index contributed by atoms with van der Waals surface area (Å²) >= 11 is 1.72. The number of nitrogens with zero attached hydrogens (tertiary/aromatic N) is 2. The molecule has 4 rings (SSSR count). The number of carbonyl (C=O) groups is 2. The molecule has 30 heavy (non-hydrogen) atoms. The number of amides is 2. The fraction of sp³-hybridized carbons (Fsp3) is 0.500. The van der Waals surface area contributed by atoms with Crippen LogP contribution in [0.25, 0.3) is 0 Å². The second kappa shape index (κ2) is 10.1. The Labute approximate surface area is 182 Å². The summed E-state index contributed by atoms with van der Waals surface area (Å²) in [4.78, 5) is 30.9. The number of hydrogen-bond acceptors (Lipinski definition) is 4. The van der Waals surface area contributed by atoms with Gasteiger partial charge in [-0.3, -0.25) is 9.59 Å². The molecule has 2 saturated heterocycles. The number of thiophene rings is 1. The number of ether oxygens (including phenoxy) is 1. The number of aryl methyl sites for hydroxylation is 1. The van der Waals surface area contributed by atoms with Gasteiger partial charge in [0.05, 0.1) is 13.0 Å². The predicted octanol–water partition coefficient (Wildman–Crippen LogP) is 3.99. The van der Waals surface area contributed by atoms with Crippen molar-refractivity contribution in [3.05, 3.63) is 52.7 Å². The molecule has 0 aliphatic carbocycles. The minimum absolute atomic E-state index is 0.158. The molecule has 2 amide bonds. The molecule has 0 saturated carbocycles. The first-order valence-corrected chi connectivity index (χ1v) is 11.9. The summed E-state index contributed by atoms with van der Waals surface area (Å²) in [6, 6.07) is 14.0. The van der Waals surface area contributed by atoms with Gasteiger partial charge in [-0.15, -0.1) is 11.3 Å². The molecule has 2 aliphatic heterocycles. The largest absolute Gasteiger partial charge is 0.493 e. The van der Waals surface area contributed by atoms with Crippen molar-refractivity contribution in [2.24, 2.45) is 5.92 Å².